The Kier molecular flexibility index (Phi) is 7.40. The number of esters is 1. The quantitative estimate of drug-likeness (QED) is 0.0933. The van der Waals surface area contributed by atoms with Gasteiger partial charge in [0, 0.05) is 31.6 Å². The molecule has 4 aromatic carbocycles. The molecule has 0 saturated carbocycles. The van der Waals surface area contributed by atoms with Crippen molar-refractivity contribution in [3.05, 3.63) is 123 Å². The molecule has 1 heterocycles. The summed E-state index contributed by atoms with van der Waals surface area (Å²) in [5.41, 5.74) is 7.07. The smallest absolute Gasteiger partial charge is 0.343 e. The third-order valence-corrected chi connectivity index (χ3v) is 6.92. The predicted octanol–water partition coefficient (Wildman–Crippen LogP) is 7.54. The third kappa shape index (κ3) is 5.25. The van der Waals surface area contributed by atoms with E-state index in [-0.39, 0.29) is 0 Å². The van der Waals surface area contributed by atoms with Gasteiger partial charge in [0.1, 0.15) is 11.4 Å². The summed E-state index contributed by atoms with van der Waals surface area (Å²) in [6.07, 6.45) is 1.43. The van der Waals surface area contributed by atoms with E-state index in [1.807, 2.05) is 55.5 Å². The fourth-order valence-electron chi connectivity index (χ4n) is 4.04. The van der Waals surface area contributed by atoms with Crippen molar-refractivity contribution in [2.24, 2.45) is 5.10 Å². The molecule has 5 aromatic rings. The van der Waals surface area contributed by atoms with Gasteiger partial charge in [0.15, 0.2) is 0 Å². The zero-order valence-corrected chi connectivity index (χ0v) is 22.5. The number of hydrogen-bond acceptors (Lipinski definition) is 4. The molecule has 0 fully saturated rings. The Balaban J connectivity index is 1.41. The van der Waals surface area contributed by atoms with Gasteiger partial charge in [-0.1, -0.05) is 71.8 Å². The molecule has 0 unspecified atom stereocenters. The lowest BCUT2D eigenvalue weighted by atomic mass is 10.0. The van der Waals surface area contributed by atoms with Crippen LogP contribution in [-0.4, -0.2) is 23.1 Å². The number of carbonyl (C=O) groups excluding carboxylic acids is 2. The minimum absolute atomic E-state index is 0.316. The number of nitrogens with zero attached hydrogens (tertiary/aromatic N) is 1. The van der Waals surface area contributed by atoms with Gasteiger partial charge in [-0.25, -0.2) is 10.2 Å². The number of halogens is 2. The average molecular weight is 587 g/mol. The average Bonchev–Trinajstić information content (AvgIpc) is 3.31. The lowest BCUT2D eigenvalue weighted by Gasteiger charge is -2.08. The molecule has 0 bridgehead atoms. The molecule has 1 aromatic heterocycles. The van der Waals surface area contributed by atoms with Gasteiger partial charge in [0.2, 0.25) is 0 Å². The number of hydrogen-bond donors (Lipinski definition) is 2. The van der Waals surface area contributed by atoms with Gasteiger partial charge < -0.3 is 9.72 Å². The summed E-state index contributed by atoms with van der Waals surface area (Å²) in [5, 5.41) is 5.51. The van der Waals surface area contributed by atoms with Crippen LogP contribution >= 0.6 is 27.5 Å². The van der Waals surface area contributed by atoms with Crippen LogP contribution in [-0.2, 0) is 0 Å². The fourth-order valence-corrected chi connectivity index (χ4v) is 4.74. The van der Waals surface area contributed by atoms with Crippen molar-refractivity contribution in [2.75, 3.05) is 0 Å². The van der Waals surface area contributed by atoms with Crippen molar-refractivity contribution < 1.29 is 14.3 Å². The first-order valence-corrected chi connectivity index (χ1v) is 12.9. The second-order valence-electron chi connectivity index (χ2n) is 8.51. The van der Waals surface area contributed by atoms with Crippen LogP contribution < -0.4 is 10.2 Å². The summed E-state index contributed by atoms with van der Waals surface area (Å²) in [4.78, 5) is 29.1. The highest BCUT2D eigenvalue weighted by Gasteiger charge is 2.21. The molecule has 0 radical (unpaired) electrons. The fraction of sp³-hybridized carbons (Fsp3) is 0.0333. The molecule has 6 nitrogen and oxygen atoms in total. The van der Waals surface area contributed by atoms with E-state index in [0.29, 0.717) is 33.2 Å². The van der Waals surface area contributed by atoms with E-state index >= 15 is 0 Å². The zero-order chi connectivity index (χ0) is 26.6. The van der Waals surface area contributed by atoms with Gasteiger partial charge >= 0.3 is 5.97 Å². The van der Waals surface area contributed by atoms with Crippen LogP contribution in [0.1, 0.15) is 32.0 Å². The third-order valence-electron chi connectivity index (χ3n) is 5.93. The Labute approximate surface area is 232 Å². The molecular weight excluding hydrogens is 566 g/mol. The number of benzene rings is 4. The van der Waals surface area contributed by atoms with Crippen molar-refractivity contribution in [2.45, 2.75) is 6.92 Å². The van der Waals surface area contributed by atoms with Gasteiger partial charge in [-0.15, -0.1) is 0 Å². The molecular formula is C30H21BrClN3O3. The molecule has 8 heteroatoms. The number of amides is 1. The summed E-state index contributed by atoms with van der Waals surface area (Å²) in [7, 11) is 0. The second kappa shape index (κ2) is 11.0. The van der Waals surface area contributed by atoms with Gasteiger partial charge in [0.05, 0.1) is 17.3 Å². The lowest BCUT2D eigenvalue weighted by Crippen LogP contribution is -2.19. The van der Waals surface area contributed by atoms with Gasteiger partial charge in [-0.3, -0.25) is 4.79 Å². The second-order valence-corrected chi connectivity index (χ2v) is 9.77. The highest BCUT2D eigenvalue weighted by molar-refractivity contribution is 9.10. The molecule has 1 amide bonds. The molecule has 0 aliphatic rings. The van der Waals surface area contributed by atoms with Crippen LogP contribution in [0.5, 0.6) is 5.75 Å². The monoisotopic (exact) mass is 585 g/mol. The van der Waals surface area contributed by atoms with Gasteiger partial charge in [0.25, 0.3) is 5.91 Å². The standard InChI is InChI=1S/C30H21BrClN3O3/c1-18-13-15-19(16-14-18)30(37)38-25-12-5-2-7-20(25)17-33-35-29(36)28-26(21-8-3-4-11-24(21)32)22-9-6-10-23(31)27(22)34-28/h2-17,34H,1H3,(H,35,36). The van der Waals surface area contributed by atoms with Crippen molar-refractivity contribution >= 4 is 56.5 Å². The minimum atomic E-state index is -0.483. The molecule has 0 saturated heterocycles. The number of nitrogens with one attached hydrogen (secondary N) is 2. The lowest BCUT2D eigenvalue weighted by molar-refractivity contribution is 0.0734. The highest BCUT2D eigenvalue weighted by Crippen LogP contribution is 2.38. The van der Waals surface area contributed by atoms with Crippen LogP contribution in [0.4, 0.5) is 0 Å². The summed E-state index contributed by atoms with van der Waals surface area (Å²) in [6, 6.07) is 27.1. The molecule has 5 rings (SSSR count). The van der Waals surface area contributed by atoms with E-state index in [2.05, 4.69) is 31.4 Å². The maximum Gasteiger partial charge on any atom is 0.343 e. The van der Waals surface area contributed by atoms with Crippen LogP contribution in [0.2, 0.25) is 5.02 Å². The first kappa shape index (κ1) is 25.4. The van der Waals surface area contributed by atoms with Crippen molar-refractivity contribution in [3.8, 4) is 16.9 Å². The van der Waals surface area contributed by atoms with E-state index in [1.54, 1.807) is 42.5 Å². The van der Waals surface area contributed by atoms with Crippen LogP contribution in [0, 0.1) is 6.92 Å². The Morgan fingerprint density at radius 1 is 0.947 bits per heavy atom. The molecule has 188 valence electrons. The molecule has 2 N–H and O–H groups in total. The summed E-state index contributed by atoms with van der Waals surface area (Å²) in [5.74, 6) is -0.612. The number of aryl methyl sites for hydroxylation is 1. The molecule has 0 aliphatic heterocycles. The van der Waals surface area contributed by atoms with E-state index in [1.165, 1.54) is 6.21 Å². The maximum absolute atomic E-state index is 13.3. The first-order valence-electron chi connectivity index (χ1n) is 11.7. The van der Waals surface area contributed by atoms with E-state index in [4.69, 9.17) is 16.3 Å². The Hall–Kier alpha value is -4.20. The summed E-state index contributed by atoms with van der Waals surface area (Å²) in [6.45, 7) is 1.95. The number of para-hydroxylation sites is 2. The number of ether oxygens (including phenoxy) is 1. The SMILES string of the molecule is Cc1ccc(C(=O)Oc2ccccc2C=NNC(=O)c2[nH]c3c(Br)cccc3c2-c2ccccc2Cl)cc1. The van der Waals surface area contributed by atoms with Crippen LogP contribution in [0.3, 0.4) is 0 Å². The van der Waals surface area contributed by atoms with Crippen LogP contribution in [0.15, 0.2) is 101 Å². The van der Waals surface area contributed by atoms with Crippen molar-refractivity contribution in [1.29, 1.82) is 0 Å². The number of aromatic nitrogens is 1. The molecule has 0 aliphatic carbocycles. The number of hydrazone groups is 1. The molecule has 0 spiro atoms. The first-order chi connectivity index (χ1) is 18.4. The topological polar surface area (TPSA) is 83.5 Å². The van der Waals surface area contributed by atoms with Gasteiger partial charge in [-0.2, -0.15) is 5.10 Å². The maximum atomic E-state index is 13.3. The molecule has 38 heavy (non-hydrogen) atoms. The van der Waals surface area contributed by atoms with Crippen molar-refractivity contribution in [3.63, 3.8) is 0 Å². The molecule has 0 atom stereocenters. The number of H-pyrrole nitrogens is 1. The van der Waals surface area contributed by atoms with Gasteiger partial charge in [-0.05, 0) is 59.3 Å². The summed E-state index contributed by atoms with van der Waals surface area (Å²) < 4.78 is 6.40. The Morgan fingerprint density at radius 3 is 2.47 bits per heavy atom. The normalized spacial score (nSPS) is 11.1. The number of carbonyl (C=O) groups is 2. The minimum Gasteiger partial charge on any atom is -0.422 e. The number of rotatable bonds is 6. The Bertz CT molecular complexity index is 1690. The largest absolute Gasteiger partial charge is 0.422 e. The van der Waals surface area contributed by atoms with E-state index < -0.39 is 11.9 Å². The number of aromatic amines is 1. The number of fused-ring (bicyclic) bond motifs is 1. The predicted molar refractivity (Wildman–Crippen MR) is 154 cm³/mol. The highest BCUT2D eigenvalue weighted by atomic mass is 79.9. The van der Waals surface area contributed by atoms with E-state index in [9.17, 15) is 9.59 Å². The summed E-state index contributed by atoms with van der Waals surface area (Å²) >= 11 is 10.0. The van der Waals surface area contributed by atoms with E-state index in [0.717, 1.165) is 26.5 Å². The van der Waals surface area contributed by atoms with Crippen LogP contribution in [0.25, 0.3) is 22.0 Å². The zero-order valence-electron chi connectivity index (χ0n) is 20.2. The van der Waals surface area contributed by atoms with Crippen molar-refractivity contribution in [1.82, 2.24) is 10.4 Å². The Morgan fingerprint density at radius 2 is 1.68 bits per heavy atom.